The van der Waals surface area contributed by atoms with Crippen LogP contribution in [0, 0.1) is 56.7 Å². The number of carboxylic acids is 1. The van der Waals surface area contributed by atoms with Crippen LogP contribution in [0.25, 0.3) is 6.08 Å². The van der Waals surface area contributed by atoms with Gasteiger partial charge in [0.05, 0.1) is 5.41 Å². The molecule has 41 heavy (non-hydrogen) atoms. The van der Waals surface area contributed by atoms with Crippen molar-refractivity contribution in [2.75, 3.05) is 0 Å². The molecule has 1 aromatic carbocycles. The Bertz CT molecular complexity index is 1340. The predicted octanol–water partition coefficient (Wildman–Crippen LogP) is 9.75. The van der Waals surface area contributed by atoms with Crippen LogP contribution in [-0.2, 0) is 9.59 Å². The van der Waals surface area contributed by atoms with E-state index < -0.39 is 16.8 Å². The van der Waals surface area contributed by atoms with Crippen molar-refractivity contribution < 1.29 is 14.7 Å². The highest BCUT2D eigenvalue weighted by Gasteiger charge is 2.72. The van der Waals surface area contributed by atoms with Crippen LogP contribution in [-0.4, -0.2) is 16.9 Å². The summed E-state index contributed by atoms with van der Waals surface area (Å²) in [7, 11) is 0. The molecule has 0 bridgehead atoms. The molecule has 0 unspecified atom stereocenters. The van der Waals surface area contributed by atoms with Gasteiger partial charge in [-0.15, -0.1) is 0 Å². The summed E-state index contributed by atoms with van der Waals surface area (Å²) in [5.74, 6) is 1.53. The molecule has 0 amide bonds. The highest BCUT2D eigenvalue weighted by atomic mass is 79.9. The lowest BCUT2D eigenvalue weighted by molar-refractivity contribution is -0.231. The van der Waals surface area contributed by atoms with Crippen LogP contribution in [0.15, 0.2) is 46.5 Å². The standard InChI is InChI=1S/C37H49BrO3/c1-22(2)25-14-17-37(32(40)41)19-18-35(6)26(30(25)37)12-13-29-34(5)21-24(20-23-10-8-9-11-27(23)38)31(39)33(3,4)28(34)15-16-36(29,35)7/h8-11,20,25-26,28-30H,1,12-19,21H2,2-7H3,(H,40,41)/b24-20+/t25-,26+,28-,29+,30+,34-,35+,36+,37-/m0/s1. The Morgan fingerprint density at radius 2 is 1.66 bits per heavy atom. The van der Waals surface area contributed by atoms with E-state index in [4.69, 9.17) is 0 Å². The first kappa shape index (κ1) is 29.4. The number of ketones is 1. The molecule has 3 nitrogen and oxygen atoms in total. The van der Waals surface area contributed by atoms with E-state index in [1.807, 2.05) is 12.1 Å². The summed E-state index contributed by atoms with van der Waals surface area (Å²) in [6.07, 6.45) is 11.0. The Hall–Kier alpha value is -1.68. The molecule has 9 atom stereocenters. The van der Waals surface area contributed by atoms with E-state index >= 15 is 0 Å². The monoisotopic (exact) mass is 620 g/mol. The number of carboxylic acid groups (broad SMARTS) is 1. The fourth-order valence-electron chi connectivity index (χ4n) is 12.3. The molecule has 0 saturated heterocycles. The van der Waals surface area contributed by atoms with Crippen molar-refractivity contribution in [1.82, 2.24) is 0 Å². The fraction of sp³-hybridized carbons (Fsp3) is 0.676. The number of aliphatic carboxylic acids is 1. The number of halogens is 1. The van der Waals surface area contributed by atoms with Crippen LogP contribution in [0.3, 0.4) is 0 Å². The Morgan fingerprint density at radius 1 is 0.951 bits per heavy atom. The first-order valence-corrected chi connectivity index (χ1v) is 16.8. The highest BCUT2D eigenvalue weighted by molar-refractivity contribution is 9.10. The van der Waals surface area contributed by atoms with Crippen molar-refractivity contribution in [2.45, 2.75) is 99.3 Å². The summed E-state index contributed by atoms with van der Waals surface area (Å²) in [6.45, 7) is 18.6. The van der Waals surface area contributed by atoms with Gasteiger partial charge in [0.1, 0.15) is 0 Å². The molecule has 5 aliphatic rings. The number of Topliss-reactive ketones (excluding diaryl/α,β-unsaturated/α-hetero) is 1. The molecule has 5 aliphatic carbocycles. The third kappa shape index (κ3) is 3.80. The number of allylic oxidation sites excluding steroid dienone is 2. The lowest BCUT2D eigenvalue weighted by Crippen LogP contribution is -2.67. The molecule has 0 spiro atoms. The molecule has 4 heteroatoms. The van der Waals surface area contributed by atoms with Crippen molar-refractivity contribution in [3.05, 3.63) is 52.0 Å². The van der Waals surface area contributed by atoms with Gasteiger partial charge in [-0.2, -0.15) is 0 Å². The average molecular weight is 622 g/mol. The van der Waals surface area contributed by atoms with Crippen molar-refractivity contribution in [3.63, 3.8) is 0 Å². The predicted molar refractivity (Wildman–Crippen MR) is 169 cm³/mol. The molecule has 0 heterocycles. The highest BCUT2D eigenvalue weighted by Crippen LogP contribution is 2.77. The number of rotatable bonds is 3. The second-order valence-electron chi connectivity index (χ2n) is 16.1. The summed E-state index contributed by atoms with van der Waals surface area (Å²) in [5, 5.41) is 10.6. The quantitative estimate of drug-likeness (QED) is 0.270. The fourth-order valence-corrected chi connectivity index (χ4v) is 12.7. The van der Waals surface area contributed by atoms with Crippen LogP contribution in [0.4, 0.5) is 0 Å². The Morgan fingerprint density at radius 3 is 2.32 bits per heavy atom. The van der Waals surface area contributed by atoms with Crippen LogP contribution in [0.2, 0.25) is 0 Å². The van der Waals surface area contributed by atoms with Crippen LogP contribution in [0.5, 0.6) is 0 Å². The Balaban J connectivity index is 1.42. The number of hydrogen-bond acceptors (Lipinski definition) is 2. The van der Waals surface area contributed by atoms with Crippen LogP contribution < -0.4 is 0 Å². The molecule has 0 aromatic heterocycles. The van der Waals surface area contributed by atoms with Gasteiger partial charge in [0.15, 0.2) is 5.78 Å². The average Bonchev–Trinajstić information content (AvgIpc) is 3.30. The summed E-state index contributed by atoms with van der Waals surface area (Å²) < 4.78 is 1.03. The van der Waals surface area contributed by atoms with E-state index in [0.29, 0.717) is 29.5 Å². The first-order valence-electron chi connectivity index (χ1n) is 16.0. The van der Waals surface area contributed by atoms with E-state index in [2.05, 4.69) is 82.3 Å². The molecule has 1 aromatic rings. The van der Waals surface area contributed by atoms with E-state index in [1.165, 1.54) is 5.57 Å². The first-order chi connectivity index (χ1) is 19.1. The maximum absolute atomic E-state index is 14.1. The summed E-state index contributed by atoms with van der Waals surface area (Å²) in [4.78, 5) is 27.0. The third-order valence-corrected chi connectivity index (χ3v) is 15.0. The van der Waals surface area contributed by atoms with Gasteiger partial charge < -0.3 is 5.11 Å². The molecular weight excluding hydrogens is 572 g/mol. The van der Waals surface area contributed by atoms with E-state index in [1.54, 1.807) is 0 Å². The van der Waals surface area contributed by atoms with Crippen molar-refractivity contribution in [2.24, 2.45) is 56.7 Å². The summed E-state index contributed by atoms with van der Waals surface area (Å²) in [6, 6.07) is 8.21. The lowest BCUT2D eigenvalue weighted by atomic mass is 9.32. The number of fused-ring (bicyclic) bond motifs is 7. The zero-order valence-corrected chi connectivity index (χ0v) is 27.6. The van der Waals surface area contributed by atoms with Gasteiger partial charge >= 0.3 is 5.97 Å². The molecule has 5 fully saturated rings. The smallest absolute Gasteiger partial charge is 0.309 e. The van der Waals surface area contributed by atoms with E-state index in [0.717, 1.165) is 73.4 Å². The van der Waals surface area contributed by atoms with E-state index in [9.17, 15) is 14.7 Å². The molecule has 5 saturated carbocycles. The third-order valence-electron chi connectivity index (χ3n) is 14.3. The zero-order valence-electron chi connectivity index (χ0n) is 26.0. The zero-order chi connectivity index (χ0) is 29.8. The van der Waals surface area contributed by atoms with Crippen molar-refractivity contribution in [1.29, 1.82) is 0 Å². The lowest BCUT2D eigenvalue weighted by Gasteiger charge is -2.72. The second kappa shape index (κ2) is 9.41. The molecule has 6 rings (SSSR count). The molecule has 222 valence electrons. The maximum atomic E-state index is 14.1. The van der Waals surface area contributed by atoms with Gasteiger partial charge in [0.2, 0.25) is 0 Å². The second-order valence-corrected chi connectivity index (χ2v) is 16.9. The van der Waals surface area contributed by atoms with Gasteiger partial charge in [0.25, 0.3) is 0 Å². The largest absolute Gasteiger partial charge is 0.481 e. The molecule has 0 radical (unpaired) electrons. The SMILES string of the molecule is C=C(C)[C@@H]1CC[C@]2(C(=O)O)CC[C@]3(C)[C@H](CC[C@@H]4[C@@]5(C)C/C(=C\c6ccccc6Br)C(=O)C(C)(C)[C@@H]5CC[C@]43C)[C@@H]12. The molecular formula is C37H49BrO3. The minimum atomic E-state index is -0.587. The van der Waals surface area contributed by atoms with Gasteiger partial charge in [-0.3, -0.25) is 9.59 Å². The minimum absolute atomic E-state index is 0.0241. The normalized spacial score (nSPS) is 45.8. The maximum Gasteiger partial charge on any atom is 0.309 e. The number of carbonyl (C=O) groups excluding carboxylic acids is 1. The van der Waals surface area contributed by atoms with Gasteiger partial charge in [-0.05, 0) is 134 Å². The van der Waals surface area contributed by atoms with Crippen LogP contribution >= 0.6 is 15.9 Å². The number of carbonyl (C=O) groups is 2. The number of hydrogen-bond donors (Lipinski definition) is 1. The summed E-state index contributed by atoms with van der Waals surface area (Å²) in [5.41, 5.74) is 2.47. The van der Waals surface area contributed by atoms with Gasteiger partial charge in [-0.1, -0.05) is 80.9 Å². The number of benzene rings is 1. The molecule has 1 N–H and O–H groups in total. The summed E-state index contributed by atoms with van der Waals surface area (Å²) >= 11 is 3.71. The van der Waals surface area contributed by atoms with Gasteiger partial charge in [0, 0.05) is 9.89 Å². The topological polar surface area (TPSA) is 54.4 Å². The van der Waals surface area contributed by atoms with Crippen LogP contribution in [0.1, 0.15) is 105 Å². The van der Waals surface area contributed by atoms with Crippen molar-refractivity contribution in [3.8, 4) is 0 Å². The van der Waals surface area contributed by atoms with Crippen molar-refractivity contribution >= 4 is 33.8 Å². The van der Waals surface area contributed by atoms with E-state index in [-0.39, 0.29) is 22.2 Å². The minimum Gasteiger partial charge on any atom is -0.481 e. The molecule has 0 aliphatic heterocycles. The van der Waals surface area contributed by atoms with Gasteiger partial charge in [-0.25, -0.2) is 0 Å². The Kier molecular flexibility index (Phi) is 6.74. The Labute approximate surface area is 255 Å².